The number of hydrogen-bond acceptors (Lipinski definition) is 5. The van der Waals surface area contributed by atoms with Gasteiger partial charge in [-0.2, -0.15) is 0 Å². The lowest BCUT2D eigenvalue weighted by Crippen LogP contribution is -2.44. The Morgan fingerprint density at radius 1 is 1.58 bits per heavy atom. The van der Waals surface area contributed by atoms with E-state index in [1.165, 1.54) is 25.9 Å². The molecule has 0 bridgehead atoms. The molecule has 2 heterocycles. The number of thiazole rings is 1. The zero-order chi connectivity index (χ0) is 18.2. The van der Waals surface area contributed by atoms with Crippen LogP contribution >= 0.6 is 35.3 Å². The molecular weight excluding hydrogens is 461 g/mol. The normalized spacial score (nSPS) is 19.7. The Morgan fingerprint density at radius 2 is 2.35 bits per heavy atom. The van der Waals surface area contributed by atoms with E-state index in [1.807, 2.05) is 14.0 Å². The number of guanidine groups is 1. The van der Waals surface area contributed by atoms with Gasteiger partial charge < -0.3 is 19.9 Å². The van der Waals surface area contributed by atoms with Crippen molar-refractivity contribution in [2.24, 2.45) is 10.9 Å². The van der Waals surface area contributed by atoms with Crippen molar-refractivity contribution in [3.63, 3.8) is 0 Å². The molecule has 1 aromatic rings. The maximum atomic E-state index is 5.33. The van der Waals surface area contributed by atoms with Gasteiger partial charge in [0.15, 0.2) is 5.96 Å². The Hall–Kier alpha value is -0.450. The van der Waals surface area contributed by atoms with Gasteiger partial charge in [0.25, 0.3) is 0 Å². The molecule has 2 unspecified atom stereocenters. The second kappa shape index (κ2) is 12.1. The molecule has 26 heavy (non-hydrogen) atoms. The lowest BCUT2D eigenvalue weighted by Gasteiger charge is -2.31. The summed E-state index contributed by atoms with van der Waals surface area (Å²) in [6.07, 6.45) is 2.74. The molecule has 0 aliphatic carbocycles. The first kappa shape index (κ1) is 23.6. The van der Waals surface area contributed by atoms with Crippen LogP contribution in [-0.2, 0) is 11.3 Å². The number of hydrogen-bond donors (Lipinski definition) is 1. The van der Waals surface area contributed by atoms with E-state index in [9.17, 15) is 0 Å². The van der Waals surface area contributed by atoms with E-state index >= 15 is 0 Å². The summed E-state index contributed by atoms with van der Waals surface area (Å²) in [6, 6.07) is 0. The summed E-state index contributed by atoms with van der Waals surface area (Å²) in [5.74, 6) is 1.74. The number of likely N-dealkylation sites (tertiary alicyclic amines) is 1. The van der Waals surface area contributed by atoms with Gasteiger partial charge in [0, 0.05) is 46.2 Å². The second-order valence-electron chi connectivity index (χ2n) is 6.93. The highest BCUT2D eigenvalue weighted by atomic mass is 127. The minimum Gasteiger partial charge on any atom is -0.375 e. The van der Waals surface area contributed by atoms with Crippen LogP contribution in [0.1, 0.15) is 43.5 Å². The van der Waals surface area contributed by atoms with Crippen LogP contribution in [0.4, 0.5) is 0 Å². The van der Waals surface area contributed by atoms with Gasteiger partial charge in [-0.05, 0) is 32.2 Å². The van der Waals surface area contributed by atoms with Crippen molar-refractivity contribution in [1.82, 2.24) is 20.1 Å². The van der Waals surface area contributed by atoms with Crippen molar-refractivity contribution >= 4 is 41.3 Å². The van der Waals surface area contributed by atoms with Gasteiger partial charge in [-0.15, -0.1) is 35.3 Å². The summed E-state index contributed by atoms with van der Waals surface area (Å²) in [4.78, 5) is 13.7. The molecule has 0 amide bonds. The number of aromatic nitrogens is 1. The molecular formula is C18H34IN5OS. The maximum Gasteiger partial charge on any atom is 0.193 e. The third-order valence-electron chi connectivity index (χ3n) is 4.70. The summed E-state index contributed by atoms with van der Waals surface area (Å²) in [5, 5.41) is 6.60. The summed E-state index contributed by atoms with van der Waals surface area (Å²) in [7, 11) is 5.60. The van der Waals surface area contributed by atoms with Crippen LogP contribution in [0.25, 0.3) is 0 Å². The number of halogens is 1. The fourth-order valence-corrected chi connectivity index (χ4v) is 4.04. The molecule has 0 radical (unpaired) electrons. The van der Waals surface area contributed by atoms with Crippen molar-refractivity contribution in [2.45, 2.75) is 39.3 Å². The standard InChI is InChI=1S/C18H33N5OS.HI/c1-14-7-6-9-23(11-14)10-8-20-18(19-3)22(4)12-16-13-25-17(21-16)15(2)24-5;/h13-15H,6-12H2,1-5H3,(H,19,20);1H. The molecule has 0 spiro atoms. The van der Waals surface area contributed by atoms with Crippen LogP contribution < -0.4 is 5.32 Å². The molecule has 0 aromatic carbocycles. The Bertz CT molecular complexity index is 553. The van der Waals surface area contributed by atoms with Crippen LogP contribution in [0.15, 0.2) is 10.4 Å². The molecule has 8 heteroatoms. The molecule has 1 aliphatic rings. The van der Waals surface area contributed by atoms with Crippen LogP contribution in [0.3, 0.4) is 0 Å². The summed E-state index contributed by atoms with van der Waals surface area (Å²) in [5.41, 5.74) is 1.05. The smallest absolute Gasteiger partial charge is 0.193 e. The maximum absolute atomic E-state index is 5.33. The van der Waals surface area contributed by atoms with E-state index in [0.29, 0.717) is 0 Å². The first-order valence-electron chi connectivity index (χ1n) is 9.14. The Morgan fingerprint density at radius 3 is 3.00 bits per heavy atom. The minimum absolute atomic E-state index is 0. The number of rotatable bonds is 7. The number of nitrogens with one attached hydrogen (secondary N) is 1. The largest absolute Gasteiger partial charge is 0.375 e. The predicted molar refractivity (Wildman–Crippen MR) is 121 cm³/mol. The van der Waals surface area contributed by atoms with E-state index in [-0.39, 0.29) is 30.1 Å². The topological polar surface area (TPSA) is 53.0 Å². The number of ether oxygens (including phenoxy) is 1. The van der Waals surface area contributed by atoms with Crippen molar-refractivity contribution in [2.75, 3.05) is 47.4 Å². The third kappa shape index (κ3) is 7.28. The summed E-state index contributed by atoms with van der Waals surface area (Å²) >= 11 is 1.65. The van der Waals surface area contributed by atoms with Crippen molar-refractivity contribution in [3.8, 4) is 0 Å². The fourth-order valence-electron chi connectivity index (χ4n) is 3.20. The predicted octanol–water partition coefficient (Wildman–Crippen LogP) is 3.21. The minimum atomic E-state index is 0. The molecule has 1 fully saturated rings. The van der Waals surface area contributed by atoms with Crippen LogP contribution in [0.5, 0.6) is 0 Å². The van der Waals surface area contributed by atoms with E-state index in [1.54, 1.807) is 18.4 Å². The third-order valence-corrected chi connectivity index (χ3v) is 5.75. The van der Waals surface area contributed by atoms with Gasteiger partial charge in [0.05, 0.1) is 12.2 Å². The molecule has 1 aliphatic heterocycles. The molecule has 2 atom stereocenters. The summed E-state index contributed by atoms with van der Waals surface area (Å²) in [6.45, 7) is 9.55. The van der Waals surface area contributed by atoms with E-state index in [4.69, 9.17) is 4.74 Å². The Balaban J connectivity index is 0.00000338. The molecule has 0 saturated carbocycles. The molecule has 6 nitrogen and oxygen atoms in total. The average Bonchev–Trinajstić information content (AvgIpc) is 3.06. The average molecular weight is 495 g/mol. The van der Waals surface area contributed by atoms with Gasteiger partial charge in [0.2, 0.25) is 0 Å². The molecule has 1 N–H and O–H groups in total. The van der Waals surface area contributed by atoms with Gasteiger partial charge in [-0.1, -0.05) is 6.92 Å². The van der Waals surface area contributed by atoms with Crippen molar-refractivity contribution in [3.05, 3.63) is 16.1 Å². The first-order chi connectivity index (χ1) is 12.0. The van der Waals surface area contributed by atoms with Crippen molar-refractivity contribution in [1.29, 1.82) is 0 Å². The number of piperidine rings is 1. The lowest BCUT2D eigenvalue weighted by molar-refractivity contribution is 0.119. The summed E-state index contributed by atoms with van der Waals surface area (Å²) < 4.78 is 5.33. The van der Waals surface area contributed by atoms with E-state index in [0.717, 1.165) is 42.2 Å². The monoisotopic (exact) mass is 495 g/mol. The van der Waals surface area contributed by atoms with Crippen LogP contribution in [-0.4, -0.2) is 68.1 Å². The fraction of sp³-hybridized carbons (Fsp3) is 0.778. The van der Waals surface area contributed by atoms with Gasteiger partial charge in [-0.3, -0.25) is 4.99 Å². The van der Waals surface area contributed by atoms with Gasteiger partial charge in [0.1, 0.15) is 11.1 Å². The highest BCUT2D eigenvalue weighted by molar-refractivity contribution is 14.0. The SMILES string of the molecule is CN=C(NCCN1CCCC(C)C1)N(C)Cc1csc(C(C)OC)n1.I. The quantitative estimate of drug-likeness (QED) is 0.358. The number of aliphatic imine (C=N–C) groups is 1. The van der Waals surface area contributed by atoms with Crippen LogP contribution in [0.2, 0.25) is 0 Å². The molecule has 150 valence electrons. The highest BCUT2D eigenvalue weighted by Crippen LogP contribution is 2.21. The zero-order valence-electron chi connectivity index (χ0n) is 16.7. The number of nitrogens with zero attached hydrogens (tertiary/aromatic N) is 4. The van der Waals surface area contributed by atoms with E-state index in [2.05, 4.69) is 44.4 Å². The second-order valence-corrected chi connectivity index (χ2v) is 7.82. The molecule has 1 aromatic heterocycles. The van der Waals surface area contributed by atoms with E-state index < -0.39 is 0 Å². The number of methoxy groups -OCH3 is 1. The Labute approximate surface area is 179 Å². The first-order valence-corrected chi connectivity index (χ1v) is 10.0. The lowest BCUT2D eigenvalue weighted by atomic mass is 10.0. The van der Waals surface area contributed by atoms with Crippen LogP contribution in [0, 0.1) is 5.92 Å². The van der Waals surface area contributed by atoms with Gasteiger partial charge in [-0.25, -0.2) is 4.98 Å². The van der Waals surface area contributed by atoms with Gasteiger partial charge >= 0.3 is 0 Å². The highest BCUT2D eigenvalue weighted by Gasteiger charge is 2.16. The zero-order valence-corrected chi connectivity index (χ0v) is 19.8. The molecule has 2 rings (SSSR count). The van der Waals surface area contributed by atoms with Crippen molar-refractivity contribution < 1.29 is 4.74 Å². The Kier molecular flexibility index (Phi) is 11.0. The molecule has 1 saturated heterocycles.